The van der Waals surface area contributed by atoms with Gasteiger partial charge in [0.15, 0.2) is 0 Å². The molecule has 0 radical (unpaired) electrons. The molecule has 0 saturated carbocycles. The van der Waals surface area contributed by atoms with Crippen molar-refractivity contribution in [3.8, 4) is 5.75 Å². The molecule has 0 aliphatic rings. The number of benzene rings is 1. The fraction of sp³-hybridized carbons (Fsp3) is 0.235. The summed E-state index contributed by atoms with van der Waals surface area (Å²) in [5, 5.41) is 2.62. The summed E-state index contributed by atoms with van der Waals surface area (Å²) in [7, 11) is -0.263. The van der Waals surface area contributed by atoms with Gasteiger partial charge in [0.05, 0.1) is 19.7 Å². The Balaban J connectivity index is 2.11. The largest absolute Gasteiger partial charge is 0.497 e. The minimum absolute atomic E-state index is 0.213. The summed E-state index contributed by atoms with van der Waals surface area (Å²) in [6.07, 6.45) is 2.34. The maximum atomic E-state index is 11.5. The summed E-state index contributed by atoms with van der Waals surface area (Å²) >= 11 is 1.29. The van der Waals surface area contributed by atoms with E-state index in [0.29, 0.717) is 21.9 Å². The van der Waals surface area contributed by atoms with Gasteiger partial charge in [-0.15, -0.1) is 11.3 Å². The number of hydrogen-bond donors (Lipinski definition) is 2. The van der Waals surface area contributed by atoms with Crippen molar-refractivity contribution in [3.63, 3.8) is 0 Å². The lowest BCUT2D eigenvalue weighted by molar-refractivity contribution is -0.140. The molecule has 0 spiro atoms. The summed E-state index contributed by atoms with van der Waals surface area (Å²) < 4.78 is 33.5. The predicted octanol–water partition coefficient (Wildman–Crippen LogP) is 4.39. The second kappa shape index (κ2) is 7.09. The molecule has 0 atom stereocenters. The Morgan fingerprint density at radius 2 is 2.08 bits per heavy atom. The van der Waals surface area contributed by atoms with Crippen molar-refractivity contribution < 1.29 is 23.4 Å². The van der Waals surface area contributed by atoms with Gasteiger partial charge in [-0.1, -0.05) is 10.8 Å². The zero-order valence-electron chi connectivity index (χ0n) is 13.8. The fourth-order valence-corrected chi connectivity index (χ4v) is 5.17. The lowest BCUT2D eigenvalue weighted by Crippen LogP contribution is -2.07. The van der Waals surface area contributed by atoms with Gasteiger partial charge in [0.1, 0.15) is 9.96 Å². The number of esters is 1. The summed E-state index contributed by atoms with van der Waals surface area (Å²) in [5.74, 6) is 0.353. The summed E-state index contributed by atoms with van der Waals surface area (Å²) in [4.78, 5) is 11.5. The fourth-order valence-electron chi connectivity index (χ4n) is 2.64. The first-order valence-corrected chi connectivity index (χ1v) is 9.92. The molecule has 3 aromatic rings. The van der Waals surface area contributed by atoms with Crippen molar-refractivity contribution >= 4 is 39.0 Å². The van der Waals surface area contributed by atoms with E-state index in [4.69, 9.17) is 9.47 Å². The van der Waals surface area contributed by atoms with E-state index in [1.54, 1.807) is 43.0 Å². The van der Waals surface area contributed by atoms with Crippen LogP contribution in [-0.2, 0) is 16.0 Å². The third kappa shape index (κ3) is 3.38. The van der Waals surface area contributed by atoms with Crippen LogP contribution in [-0.4, -0.2) is 33.3 Å². The average Bonchev–Trinajstić information content (AvgIpc) is 3.27. The van der Waals surface area contributed by atoms with Crippen molar-refractivity contribution in [2.45, 2.75) is 17.1 Å². The van der Waals surface area contributed by atoms with E-state index in [9.17, 15) is 13.9 Å². The maximum absolute atomic E-state index is 11.5. The smallest absolute Gasteiger partial charge is 0.305 e. The van der Waals surface area contributed by atoms with Gasteiger partial charge < -0.3 is 9.47 Å². The Kier molecular flexibility index (Phi) is 5.05. The highest BCUT2D eigenvalue weighted by atomic mass is 32.3. The third-order valence-electron chi connectivity index (χ3n) is 3.93. The zero-order chi connectivity index (χ0) is 18.0. The number of nitrogens with zero attached hydrogens (tertiary/aromatic N) is 1. The van der Waals surface area contributed by atoms with E-state index >= 15 is 0 Å². The van der Waals surface area contributed by atoms with E-state index in [1.165, 1.54) is 22.4 Å². The second-order valence-corrected chi connectivity index (χ2v) is 8.47. The monoisotopic (exact) mass is 381 g/mol. The van der Waals surface area contributed by atoms with Crippen LogP contribution in [0.15, 0.2) is 46.1 Å². The number of aryl methyl sites for hydroxylation is 1. The SMILES string of the molecule is COC(=O)CCc1cn(S(O)(O)c2cccs2)c2ccc(OC)cc12. The van der Waals surface area contributed by atoms with E-state index < -0.39 is 10.8 Å². The van der Waals surface area contributed by atoms with Crippen LogP contribution < -0.4 is 4.74 Å². The minimum atomic E-state index is -3.19. The Morgan fingerprint density at radius 1 is 1.28 bits per heavy atom. The molecule has 0 aliphatic heterocycles. The molecule has 0 saturated heterocycles. The molecule has 25 heavy (non-hydrogen) atoms. The van der Waals surface area contributed by atoms with Gasteiger partial charge in [0, 0.05) is 18.0 Å². The van der Waals surface area contributed by atoms with Crippen molar-refractivity contribution in [3.05, 3.63) is 47.5 Å². The topological polar surface area (TPSA) is 80.9 Å². The molecule has 2 heterocycles. The molecule has 0 unspecified atom stereocenters. The Bertz CT molecular complexity index is 886. The normalized spacial score (nSPS) is 12.3. The minimum Gasteiger partial charge on any atom is -0.497 e. The van der Waals surface area contributed by atoms with Crippen LogP contribution in [0.25, 0.3) is 10.9 Å². The highest BCUT2D eigenvalue weighted by Gasteiger charge is 2.23. The Morgan fingerprint density at radius 3 is 2.72 bits per heavy atom. The van der Waals surface area contributed by atoms with Gasteiger partial charge in [-0.05, 0) is 47.7 Å². The first-order valence-electron chi connectivity index (χ1n) is 7.54. The highest BCUT2D eigenvalue weighted by Crippen LogP contribution is 2.53. The van der Waals surface area contributed by atoms with Crippen molar-refractivity contribution in [2.75, 3.05) is 14.2 Å². The van der Waals surface area contributed by atoms with Gasteiger partial charge in [0.2, 0.25) is 0 Å². The van der Waals surface area contributed by atoms with Gasteiger partial charge in [-0.25, -0.2) is 3.97 Å². The molecule has 3 rings (SSSR count). The van der Waals surface area contributed by atoms with Crippen molar-refractivity contribution in [1.29, 1.82) is 0 Å². The lowest BCUT2D eigenvalue weighted by atomic mass is 10.1. The first-order chi connectivity index (χ1) is 12.0. The zero-order valence-corrected chi connectivity index (χ0v) is 15.5. The summed E-state index contributed by atoms with van der Waals surface area (Å²) in [6.45, 7) is 0. The van der Waals surface area contributed by atoms with Crippen LogP contribution in [0.4, 0.5) is 0 Å². The van der Waals surface area contributed by atoms with Crippen LogP contribution in [0, 0.1) is 0 Å². The van der Waals surface area contributed by atoms with Crippen LogP contribution in [0.5, 0.6) is 5.75 Å². The average molecular weight is 381 g/mol. The van der Waals surface area contributed by atoms with E-state index in [-0.39, 0.29) is 12.4 Å². The number of thiophene rings is 1. The van der Waals surface area contributed by atoms with E-state index in [0.717, 1.165) is 10.9 Å². The van der Waals surface area contributed by atoms with Crippen LogP contribution in [0.2, 0.25) is 0 Å². The van der Waals surface area contributed by atoms with E-state index in [2.05, 4.69) is 0 Å². The molecule has 0 bridgehead atoms. The first kappa shape index (κ1) is 17.8. The standard InChI is InChI=1S/C17H19NO5S2/c1-22-13-6-7-15-14(10-13)12(5-8-16(19)23-2)11-18(15)25(20,21)17-4-3-9-24-17/h3-4,6-7,9-11,20-21H,5,8H2,1-2H3. The van der Waals surface area contributed by atoms with Gasteiger partial charge in [0.25, 0.3) is 0 Å². The van der Waals surface area contributed by atoms with Crippen LogP contribution >= 0.6 is 22.1 Å². The van der Waals surface area contributed by atoms with Crippen LogP contribution in [0.3, 0.4) is 0 Å². The molecule has 2 aromatic heterocycles. The lowest BCUT2D eigenvalue weighted by Gasteiger charge is -2.32. The maximum Gasteiger partial charge on any atom is 0.305 e. The number of rotatable bonds is 6. The Labute approximate surface area is 151 Å². The molecule has 0 amide bonds. The number of methoxy groups -OCH3 is 2. The number of carbonyl (C=O) groups is 1. The predicted molar refractivity (Wildman–Crippen MR) is 99.7 cm³/mol. The van der Waals surface area contributed by atoms with Crippen molar-refractivity contribution in [2.24, 2.45) is 0 Å². The Hall–Kier alpha value is -2.00. The molecule has 8 heteroatoms. The number of aromatic nitrogens is 1. The van der Waals surface area contributed by atoms with Gasteiger partial charge in [-0.3, -0.25) is 13.9 Å². The summed E-state index contributed by atoms with van der Waals surface area (Å²) in [5.41, 5.74) is 1.50. The quantitative estimate of drug-likeness (QED) is 0.619. The van der Waals surface area contributed by atoms with Gasteiger partial charge >= 0.3 is 5.97 Å². The molecule has 0 fully saturated rings. The van der Waals surface area contributed by atoms with Crippen LogP contribution in [0.1, 0.15) is 12.0 Å². The second-order valence-electron chi connectivity index (χ2n) is 5.39. The molecule has 0 aliphatic carbocycles. The highest BCUT2D eigenvalue weighted by molar-refractivity contribution is 8.24. The molecular weight excluding hydrogens is 362 g/mol. The molecule has 6 nitrogen and oxygen atoms in total. The van der Waals surface area contributed by atoms with E-state index in [1.807, 2.05) is 6.07 Å². The number of ether oxygens (including phenoxy) is 2. The van der Waals surface area contributed by atoms with Crippen molar-refractivity contribution in [1.82, 2.24) is 3.97 Å². The number of hydrogen-bond acceptors (Lipinski definition) is 6. The molecule has 134 valence electrons. The molecule has 1 aromatic carbocycles. The molecule has 2 N–H and O–H groups in total. The van der Waals surface area contributed by atoms with Gasteiger partial charge in [-0.2, -0.15) is 0 Å². The summed E-state index contributed by atoms with van der Waals surface area (Å²) in [6, 6.07) is 8.87. The third-order valence-corrected chi connectivity index (χ3v) is 7.07. The molecular formula is C17H19NO5S2. The number of fused-ring (bicyclic) bond motifs is 1. The number of carbonyl (C=O) groups excluding carboxylic acids is 1.